The number of hydrogen-bond acceptors (Lipinski definition) is 4. The van der Waals surface area contributed by atoms with Crippen molar-refractivity contribution in [2.75, 3.05) is 18.0 Å². The molecule has 32 heavy (non-hydrogen) atoms. The highest BCUT2D eigenvalue weighted by atomic mass is 35.5. The van der Waals surface area contributed by atoms with Crippen LogP contribution in [0.25, 0.3) is 5.69 Å². The summed E-state index contributed by atoms with van der Waals surface area (Å²) in [6.07, 6.45) is 2.65. The van der Waals surface area contributed by atoms with Crippen molar-refractivity contribution >= 4 is 23.3 Å². The van der Waals surface area contributed by atoms with Gasteiger partial charge in [0.15, 0.2) is 0 Å². The Balaban J connectivity index is 1.46. The van der Waals surface area contributed by atoms with Gasteiger partial charge in [-0.2, -0.15) is 4.68 Å². The number of nitrogens with zero attached hydrogens (tertiary/aromatic N) is 3. The summed E-state index contributed by atoms with van der Waals surface area (Å²) in [5.74, 6) is 0.572. The van der Waals surface area contributed by atoms with Crippen LogP contribution in [-0.4, -0.2) is 28.8 Å². The zero-order valence-corrected chi connectivity index (χ0v) is 18.9. The van der Waals surface area contributed by atoms with Gasteiger partial charge in [-0.3, -0.25) is 9.59 Å². The molecule has 2 heterocycles. The lowest BCUT2D eigenvalue weighted by Crippen LogP contribution is -2.43. The molecule has 1 aliphatic rings. The van der Waals surface area contributed by atoms with Crippen molar-refractivity contribution in [3.63, 3.8) is 0 Å². The minimum Gasteiger partial charge on any atom is -0.354 e. The first kappa shape index (κ1) is 22.1. The molecule has 0 bridgehead atoms. The molecule has 1 fully saturated rings. The number of halogens is 1. The Bertz CT molecular complexity index is 1140. The molecular formula is C25H27ClN4O2. The topological polar surface area (TPSA) is 67.2 Å². The van der Waals surface area contributed by atoms with E-state index in [4.69, 9.17) is 11.6 Å². The van der Waals surface area contributed by atoms with Gasteiger partial charge < -0.3 is 10.2 Å². The van der Waals surface area contributed by atoms with Crippen LogP contribution in [0.4, 0.5) is 5.82 Å². The van der Waals surface area contributed by atoms with Gasteiger partial charge in [-0.15, -0.1) is 5.10 Å². The average molecular weight is 451 g/mol. The highest BCUT2D eigenvalue weighted by molar-refractivity contribution is 6.31. The maximum absolute atomic E-state index is 12.8. The Hall–Kier alpha value is -3.12. The van der Waals surface area contributed by atoms with Gasteiger partial charge in [0, 0.05) is 30.7 Å². The third kappa shape index (κ3) is 5.02. The van der Waals surface area contributed by atoms with Gasteiger partial charge in [-0.25, -0.2) is 0 Å². The Labute approximate surface area is 192 Å². The van der Waals surface area contributed by atoms with Gasteiger partial charge >= 0.3 is 0 Å². The first-order valence-electron chi connectivity index (χ1n) is 11.0. The summed E-state index contributed by atoms with van der Waals surface area (Å²) in [4.78, 5) is 27.3. The van der Waals surface area contributed by atoms with Crippen molar-refractivity contribution in [2.24, 2.45) is 5.92 Å². The standard InChI is InChI=1S/C25H27ClN4O2/c1-2-18-9-11-21(12-10-18)30-24(31)14-13-23(28-30)29-15-5-7-20(17-29)25(32)27-16-19-6-3-4-8-22(19)26/h3-4,6,8-14,20H,2,5,7,15-17H2,1H3,(H,27,32)/t20-/m1/s1. The molecule has 0 unspecified atom stereocenters. The predicted octanol–water partition coefficient (Wildman–Crippen LogP) is 3.98. The quantitative estimate of drug-likeness (QED) is 0.616. The number of carbonyl (C=O) groups is 1. The summed E-state index contributed by atoms with van der Waals surface area (Å²) in [7, 11) is 0. The molecule has 7 heteroatoms. The number of anilines is 1. The van der Waals surface area contributed by atoms with Gasteiger partial charge in [0.1, 0.15) is 5.82 Å². The predicted molar refractivity (Wildman–Crippen MR) is 127 cm³/mol. The lowest BCUT2D eigenvalue weighted by molar-refractivity contribution is -0.125. The Morgan fingerprint density at radius 3 is 2.66 bits per heavy atom. The Morgan fingerprint density at radius 1 is 1.12 bits per heavy atom. The van der Waals surface area contributed by atoms with E-state index in [0.29, 0.717) is 23.9 Å². The van der Waals surface area contributed by atoms with Gasteiger partial charge in [0.2, 0.25) is 5.91 Å². The Kier molecular flexibility index (Phi) is 6.90. The molecule has 1 aromatic heterocycles. The number of nitrogens with one attached hydrogen (secondary N) is 1. The summed E-state index contributed by atoms with van der Waals surface area (Å²) in [6, 6.07) is 18.6. The highest BCUT2D eigenvalue weighted by Gasteiger charge is 2.27. The normalized spacial score (nSPS) is 16.1. The monoisotopic (exact) mass is 450 g/mol. The maximum atomic E-state index is 12.8. The van der Waals surface area contributed by atoms with Crippen LogP contribution in [-0.2, 0) is 17.8 Å². The van der Waals surface area contributed by atoms with Crippen LogP contribution in [0, 0.1) is 5.92 Å². The maximum Gasteiger partial charge on any atom is 0.271 e. The summed E-state index contributed by atoms with van der Waals surface area (Å²) >= 11 is 6.20. The van der Waals surface area contributed by atoms with Crippen molar-refractivity contribution in [3.8, 4) is 5.69 Å². The van der Waals surface area contributed by atoms with Crippen molar-refractivity contribution in [3.05, 3.63) is 87.2 Å². The second-order valence-electron chi connectivity index (χ2n) is 8.06. The number of rotatable bonds is 6. The average Bonchev–Trinajstić information content (AvgIpc) is 2.84. The lowest BCUT2D eigenvalue weighted by atomic mass is 9.97. The third-order valence-corrected chi connectivity index (χ3v) is 6.27. The molecular weight excluding hydrogens is 424 g/mol. The second kappa shape index (κ2) is 10.0. The second-order valence-corrected chi connectivity index (χ2v) is 8.46. The molecule has 6 nitrogen and oxygen atoms in total. The molecule has 0 saturated carbocycles. The molecule has 2 aromatic carbocycles. The van der Waals surface area contributed by atoms with E-state index in [9.17, 15) is 9.59 Å². The smallest absolute Gasteiger partial charge is 0.271 e. The van der Waals surface area contributed by atoms with E-state index in [1.807, 2.05) is 48.5 Å². The molecule has 166 valence electrons. The molecule has 1 saturated heterocycles. The molecule has 1 atom stereocenters. The fraction of sp³-hybridized carbons (Fsp3) is 0.320. The van der Waals surface area contributed by atoms with E-state index in [1.54, 1.807) is 6.07 Å². The Morgan fingerprint density at radius 2 is 1.91 bits per heavy atom. The van der Waals surface area contributed by atoms with E-state index in [1.165, 1.54) is 16.3 Å². The number of piperidine rings is 1. The summed E-state index contributed by atoms with van der Waals surface area (Å²) in [6.45, 7) is 3.87. The molecule has 0 aliphatic carbocycles. The number of aryl methyl sites for hydroxylation is 1. The highest BCUT2D eigenvalue weighted by Crippen LogP contribution is 2.22. The van der Waals surface area contributed by atoms with Crippen molar-refractivity contribution in [1.82, 2.24) is 15.1 Å². The minimum absolute atomic E-state index is 0.0121. The van der Waals surface area contributed by atoms with Gasteiger partial charge in [-0.05, 0) is 54.7 Å². The molecule has 4 rings (SSSR count). The van der Waals surface area contributed by atoms with Gasteiger partial charge in [0.25, 0.3) is 5.56 Å². The molecule has 1 amide bonds. The molecule has 3 aromatic rings. The molecule has 0 spiro atoms. The number of benzene rings is 2. The summed E-state index contributed by atoms with van der Waals surface area (Å²) < 4.78 is 1.43. The first-order chi connectivity index (χ1) is 15.5. The molecule has 0 radical (unpaired) electrons. The van der Waals surface area contributed by atoms with E-state index < -0.39 is 0 Å². The van der Waals surface area contributed by atoms with E-state index >= 15 is 0 Å². The first-order valence-corrected chi connectivity index (χ1v) is 11.4. The molecule has 1 aliphatic heterocycles. The van der Waals surface area contributed by atoms with Gasteiger partial charge in [0.05, 0.1) is 11.6 Å². The SMILES string of the molecule is CCc1ccc(-n2nc(N3CCC[C@@H](C(=O)NCc4ccccc4Cl)C3)ccc2=O)cc1. The summed E-state index contributed by atoms with van der Waals surface area (Å²) in [5, 5.41) is 8.26. The van der Waals surface area contributed by atoms with E-state index in [2.05, 4.69) is 22.2 Å². The largest absolute Gasteiger partial charge is 0.354 e. The zero-order chi connectivity index (χ0) is 22.5. The lowest BCUT2D eigenvalue weighted by Gasteiger charge is -2.33. The van der Waals surface area contributed by atoms with E-state index in [0.717, 1.165) is 37.1 Å². The van der Waals surface area contributed by atoms with Crippen LogP contribution in [0.3, 0.4) is 0 Å². The summed E-state index contributed by atoms with van der Waals surface area (Å²) in [5.41, 5.74) is 2.67. The number of carbonyl (C=O) groups excluding carboxylic acids is 1. The third-order valence-electron chi connectivity index (χ3n) is 5.90. The van der Waals surface area contributed by atoms with Crippen LogP contribution in [0.2, 0.25) is 5.02 Å². The van der Waals surface area contributed by atoms with Crippen LogP contribution >= 0.6 is 11.6 Å². The zero-order valence-electron chi connectivity index (χ0n) is 18.1. The number of hydrogen-bond donors (Lipinski definition) is 1. The minimum atomic E-state index is -0.177. The van der Waals surface area contributed by atoms with Crippen molar-refractivity contribution in [1.29, 1.82) is 0 Å². The van der Waals surface area contributed by atoms with E-state index in [-0.39, 0.29) is 17.4 Å². The molecule has 1 N–H and O–H groups in total. The van der Waals surface area contributed by atoms with Crippen LogP contribution in [0.5, 0.6) is 0 Å². The number of aromatic nitrogens is 2. The van der Waals surface area contributed by atoms with Crippen LogP contribution in [0.1, 0.15) is 30.9 Å². The fourth-order valence-corrected chi connectivity index (χ4v) is 4.20. The number of amides is 1. The fourth-order valence-electron chi connectivity index (χ4n) is 4.00. The van der Waals surface area contributed by atoms with Gasteiger partial charge in [-0.1, -0.05) is 48.9 Å². The van der Waals surface area contributed by atoms with Crippen LogP contribution < -0.4 is 15.8 Å². The van der Waals surface area contributed by atoms with Crippen LogP contribution in [0.15, 0.2) is 65.5 Å². The van der Waals surface area contributed by atoms with Crippen molar-refractivity contribution < 1.29 is 4.79 Å². The van der Waals surface area contributed by atoms with Crippen molar-refractivity contribution in [2.45, 2.75) is 32.7 Å².